The van der Waals surface area contributed by atoms with Gasteiger partial charge in [-0.2, -0.15) is 0 Å². The van der Waals surface area contributed by atoms with Gasteiger partial charge in [0.25, 0.3) is 0 Å². The van der Waals surface area contributed by atoms with E-state index in [1.165, 1.54) is 0 Å². The van der Waals surface area contributed by atoms with Crippen LogP contribution in [0.1, 0.15) is 43.4 Å². The molecule has 174 valence electrons. The number of rotatable bonds is 14. The fourth-order valence-electron chi connectivity index (χ4n) is 3.55. The number of allylic oxidation sites excluding steroid dienone is 1. The molecule has 2 aromatic carbocycles. The normalized spacial score (nSPS) is 11.9. The summed E-state index contributed by atoms with van der Waals surface area (Å²) in [5.74, 6) is 1.85. The van der Waals surface area contributed by atoms with Crippen LogP contribution in [0.5, 0.6) is 11.5 Å². The van der Waals surface area contributed by atoms with Crippen molar-refractivity contribution in [2.45, 2.75) is 40.5 Å². The summed E-state index contributed by atoms with van der Waals surface area (Å²) in [6.45, 7) is 12.3. The van der Waals surface area contributed by atoms with Crippen molar-refractivity contribution in [3.05, 3.63) is 71.3 Å². The lowest BCUT2D eigenvalue weighted by molar-refractivity contribution is 0.210. The van der Waals surface area contributed by atoms with Gasteiger partial charge in [0, 0.05) is 12.1 Å². The van der Waals surface area contributed by atoms with Gasteiger partial charge in [0.15, 0.2) is 0 Å². The van der Waals surface area contributed by atoms with Crippen molar-refractivity contribution in [2.24, 2.45) is 5.16 Å². The SMILES string of the molecule is C/C=C/COc1cc(C)c(OCCCCN(CC)CC(=NOC)c2ccccc2)c(C)c1. The van der Waals surface area contributed by atoms with E-state index in [2.05, 4.69) is 43.0 Å². The first-order chi connectivity index (χ1) is 15.6. The maximum Gasteiger partial charge on any atom is 0.125 e. The summed E-state index contributed by atoms with van der Waals surface area (Å²) in [4.78, 5) is 7.47. The summed E-state index contributed by atoms with van der Waals surface area (Å²) in [5, 5.41) is 4.25. The molecule has 0 saturated heterocycles. The Bertz CT molecular complexity index is 839. The molecule has 0 aliphatic heterocycles. The molecule has 0 amide bonds. The summed E-state index contributed by atoms with van der Waals surface area (Å²) in [5.41, 5.74) is 4.27. The molecule has 0 unspecified atom stereocenters. The molecule has 2 rings (SSSR count). The lowest BCUT2D eigenvalue weighted by atomic mass is 10.1. The Labute approximate surface area is 193 Å². The highest BCUT2D eigenvalue weighted by Gasteiger charge is 2.11. The van der Waals surface area contributed by atoms with Crippen molar-refractivity contribution < 1.29 is 14.3 Å². The first kappa shape index (κ1) is 25.5. The highest BCUT2D eigenvalue weighted by molar-refractivity contribution is 6.01. The third-order valence-corrected chi connectivity index (χ3v) is 5.26. The summed E-state index contributed by atoms with van der Waals surface area (Å²) >= 11 is 0. The number of hydrogen-bond acceptors (Lipinski definition) is 5. The fraction of sp³-hybridized carbons (Fsp3) is 0.444. The van der Waals surface area contributed by atoms with Crippen LogP contribution in [0.2, 0.25) is 0 Å². The number of hydrogen-bond donors (Lipinski definition) is 0. The van der Waals surface area contributed by atoms with Crippen molar-refractivity contribution in [1.29, 1.82) is 0 Å². The van der Waals surface area contributed by atoms with E-state index in [9.17, 15) is 0 Å². The minimum Gasteiger partial charge on any atom is -0.493 e. The lowest BCUT2D eigenvalue weighted by Crippen LogP contribution is -2.31. The first-order valence-electron chi connectivity index (χ1n) is 11.4. The quantitative estimate of drug-likeness (QED) is 0.162. The summed E-state index contributed by atoms with van der Waals surface area (Å²) in [6, 6.07) is 14.3. The second kappa shape index (κ2) is 14.3. The molecule has 0 aliphatic rings. The van der Waals surface area contributed by atoms with Crippen molar-refractivity contribution in [3.8, 4) is 11.5 Å². The molecule has 0 aliphatic carbocycles. The summed E-state index contributed by atoms with van der Waals surface area (Å²) < 4.78 is 11.9. The van der Waals surface area contributed by atoms with Gasteiger partial charge in [-0.15, -0.1) is 0 Å². The van der Waals surface area contributed by atoms with Crippen LogP contribution in [0.4, 0.5) is 0 Å². The van der Waals surface area contributed by atoms with Gasteiger partial charge in [-0.05, 0) is 70.0 Å². The van der Waals surface area contributed by atoms with E-state index in [-0.39, 0.29) is 0 Å². The molecule has 0 heterocycles. The zero-order valence-electron chi connectivity index (χ0n) is 20.3. The van der Waals surface area contributed by atoms with Crippen molar-refractivity contribution in [2.75, 3.05) is 40.0 Å². The second-order valence-electron chi connectivity index (χ2n) is 7.78. The summed E-state index contributed by atoms with van der Waals surface area (Å²) in [6.07, 6.45) is 6.05. The molecule has 0 radical (unpaired) electrons. The highest BCUT2D eigenvalue weighted by atomic mass is 16.6. The second-order valence-corrected chi connectivity index (χ2v) is 7.78. The van der Waals surface area contributed by atoms with Gasteiger partial charge in [0.05, 0.1) is 6.61 Å². The molecule has 0 aromatic heterocycles. The van der Waals surface area contributed by atoms with Crippen LogP contribution in [0, 0.1) is 13.8 Å². The average molecular weight is 439 g/mol. The maximum absolute atomic E-state index is 6.12. The van der Waals surface area contributed by atoms with Crippen molar-refractivity contribution in [3.63, 3.8) is 0 Å². The largest absolute Gasteiger partial charge is 0.493 e. The van der Waals surface area contributed by atoms with Gasteiger partial charge >= 0.3 is 0 Å². The first-order valence-corrected chi connectivity index (χ1v) is 11.4. The molecule has 2 aromatic rings. The Morgan fingerprint density at radius 1 is 1.03 bits per heavy atom. The van der Waals surface area contributed by atoms with E-state index in [0.717, 1.165) is 66.4 Å². The predicted molar refractivity (Wildman–Crippen MR) is 133 cm³/mol. The van der Waals surface area contributed by atoms with Crippen LogP contribution in [0.15, 0.2) is 59.8 Å². The van der Waals surface area contributed by atoms with Gasteiger partial charge in [0.1, 0.15) is 30.9 Å². The van der Waals surface area contributed by atoms with E-state index in [1.807, 2.05) is 49.4 Å². The third-order valence-electron chi connectivity index (χ3n) is 5.26. The van der Waals surface area contributed by atoms with Gasteiger partial charge < -0.3 is 14.3 Å². The zero-order chi connectivity index (χ0) is 23.2. The molecular weight excluding hydrogens is 400 g/mol. The smallest absolute Gasteiger partial charge is 0.125 e. The average Bonchev–Trinajstić information content (AvgIpc) is 2.79. The number of nitrogens with zero attached hydrogens (tertiary/aromatic N) is 2. The van der Waals surface area contributed by atoms with E-state index < -0.39 is 0 Å². The molecule has 0 atom stereocenters. The Kier molecular flexibility index (Phi) is 11.4. The number of benzene rings is 2. The number of likely N-dealkylation sites (N-methyl/N-ethyl adjacent to an activating group) is 1. The third kappa shape index (κ3) is 8.39. The monoisotopic (exact) mass is 438 g/mol. The molecule has 0 spiro atoms. The van der Waals surface area contributed by atoms with E-state index in [4.69, 9.17) is 14.3 Å². The highest BCUT2D eigenvalue weighted by Crippen LogP contribution is 2.28. The van der Waals surface area contributed by atoms with Gasteiger partial charge in [-0.3, -0.25) is 4.90 Å². The van der Waals surface area contributed by atoms with Crippen LogP contribution in [0.3, 0.4) is 0 Å². The lowest BCUT2D eigenvalue weighted by Gasteiger charge is -2.21. The molecule has 0 fully saturated rings. The number of unbranched alkanes of at least 4 members (excludes halogenated alkanes) is 1. The van der Waals surface area contributed by atoms with E-state index >= 15 is 0 Å². The van der Waals surface area contributed by atoms with Crippen LogP contribution < -0.4 is 9.47 Å². The molecular formula is C27H38N2O3. The Hall–Kier alpha value is -2.79. The standard InChI is InChI=1S/C27H38N2O3/c1-6-8-17-31-25-19-22(3)27(23(4)20-25)32-18-13-12-16-29(7-2)21-26(28-30-5)24-14-10-9-11-15-24/h6,8-11,14-15,19-20H,7,12-13,16-18,21H2,1-5H3/b8-6+,28-26?. The van der Waals surface area contributed by atoms with Gasteiger partial charge in [0.2, 0.25) is 0 Å². The Balaban J connectivity index is 1.81. The Morgan fingerprint density at radius 3 is 2.38 bits per heavy atom. The van der Waals surface area contributed by atoms with Crippen LogP contribution >= 0.6 is 0 Å². The number of oxime groups is 1. The van der Waals surface area contributed by atoms with Crippen LogP contribution in [-0.4, -0.2) is 50.6 Å². The number of aryl methyl sites for hydroxylation is 2. The van der Waals surface area contributed by atoms with E-state index in [0.29, 0.717) is 13.2 Å². The maximum atomic E-state index is 6.12. The van der Waals surface area contributed by atoms with Crippen LogP contribution in [-0.2, 0) is 4.84 Å². The fourth-order valence-corrected chi connectivity index (χ4v) is 3.55. The van der Waals surface area contributed by atoms with E-state index in [1.54, 1.807) is 7.11 Å². The van der Waals surface area contributed by atoms with Crippen LogP contribution in [0.25, 0.3) is 0 Å². The molecule has 0 N–H and O–H groups in total. The minimum atomic E-state index is 0.588. The predicted octanol–water partition coefficient (Wildman–Crippen LogP) is 5.79. The topological polar surface area (TPSA) is 43.3 Å². The molecule has 5 nitrogen and oxygen atoms in total. The molecule has 5 heteroatoms. The molecule has 0 bridgehead atoms. The molecule has 0 saturated carbocycles. The van der Waals surface area contributed by atoms with Gasteiger partial charge in [-0.25, -0.2) is 0 Å². The minimum absolute atomic E-state index is 0.588. The van der Waals surface area contributed by atoms with Crippen molar-refractivity contribution >= 4 is 5.71 Å². The summed E-state index contributed by atoms with van der Waals surface area (Å²) in [7, 11) is 1.60. The number of ether oxygens (including phenoxy) is 2. The van der Waals surface area contributed by atoms with Crippen molar-refractivity contribution in [1.82, 2.24) is 4.90 Å². The molecule has 32 heavy (non-hydrogen) atoms. The zero-order valence-corrected chi connectivity index (χ0v) is 20.3. The van der Waals surface area contributed by atoms with Gasteiger partial charge in [-0.1, -0.05) is 54.6 Å². The Morgan fingerprint density at radius 2 is 1.75 bits per heavy atom.